The molecule has 21 heavy (non-hydrogen) atoms. The third kappa shape index (κ3) is 4.19. The number of amides is 1. The van der Waals surface area contributed by atoms with Gasteiger partial charge in [0, 0.05) is 24.5 Å². The van der Waals surface area contributed by atoms with Crippen molar-refractivity contribution in [2.45, 2.75) is 64.3 Å². The summed E-state index contributed by atoms with van der Waals surface area (Å²) in [6.45, 7) is 4.52. The van der Waals surface area contributed by atoms with Crippen LogP contribution < -0.4 is 0 Å². The highest BCUT2D eigenvalue weighted by Gasteiger charge is 2.36. The third-order valence-corrected chi connectivity index (χ3v) is 5.46. The fourth-order valence-electron chi connectivity index (χ4n) is 4.15. The van der Waals surface area contributed by atoms with E-state index in [0.717, 1.165) is 38.8 Å². The first-order valence-electron chi connectivity index (χ1n) is 8.69. The second-order valence-corrected chi connectivity index (χ2v) is 7.18. The van der Waals surface area contributed by atoms with Gasteiger partial charge < -0.3 is 10.0 Å². The number of carbonyl (C=O) groups is 1. The Morgan fingerprint density at radius 2 is 2.05 bits per heavy atom. The van der Waals surface area contributed by atoms with Gasteiger partial charge in [-0.3, -0.25) is 9.69 Å². The number of hydrogen-bond donors (Lipinski definition) is 1. The van der Waals surface area contributed by atoms with Crippen LogP contribution in [0.15, 0.2) is 0 Å². The monoisotopic (exact) mass is 296 g/mol. The molecule has 0 unspecified atom stereocenters. The van der Waals surface area contributed by atoms with Crippen LogP contribution in [0, 0.1) is 5.41 Å². The van der Waals surface area contributed by atoms with Crippen LogP contribution >= 0.6 is 0 Å². The third-order valence-electron chi connectivity index (χ3n) is 5.46. The predicted octanol–water partition coefficient (Wildman–Crippen LogP) is 2.26. The minimum Gasteiger partial charge on any atom is -0.396 e. The summed E-state index contributed by atoms with van der Waals surface area (Å²) in [6.07, 6.45) is 9.25. The lowest BCUT2D eigenvalue weighted by molar-refractivity contribution is -0.137. The van der Waals surface area contributed by atoms with Gasteiger partial charge in [-0.15, -0.1) is 0 Å². The van der Waals surface area contributed by atoms with E-state index in [4.69, 9.17) is 0 Å². The molecule has 1 N–H and O–H groups in total. The maximum Gasteiger partial charge on any atom is 0.236 e. The van der Waals surface area contributed by atoms with E-state index >= 15 is 0 Å². The molecule has 1 saturated carbocycles. The van der Waals surface area contributed by atoms with E-state index in [2.05, 4.69) is 18.9 Å². The second kappa shape index (κ2) is 7.59. The number of aliphatic hydroxyl groups is 1. The predicted molar refractivity (Wildman–Crippen MR) is 85.1 cm³/mol. The maximum absolute atomic E-state index is 12.6. The van der Waals surface area contributed by atoms with Gasteiger partial charge in [-0.1, -0.05) is 26.2 Å². The molecule has 1 heterocycles. The molecule has 2 fully saturated rings. The molecular weight excluding hydrogens is 264 g/mol. The van der Waals surface area contributed by atoms with E-state index < -0.39 is 0 Å². The van der Waals surface area contributed by atoms with Gasteiger partial charge in [0.1, 0.15) is 0 Å². The number of likely N-dealkylation sites (tertiary alicyclic amines) is 1. The molecule has 1 aliphatic heterocycles. The molecule has 1 amide bonds. The van der Waals surface area contributed by atoms with Gasteiger partial charge >= 0.3 is 0 Å². The summed E-state index contributed by atoms with van der Waals surface area (Å²) in [5, 5.41) is 9.78. The Kier molecular flexibility index (Phi) is 6.06. The van der Waals surface area contributed by atoms with E-state index in [9.17, 15) is 9.90 Å². The average Bonchev–Trinajstić information content (AvgIpc) is 3.02. The van der Waals surface area contributed by atoms with Gasteiger partial charge in [0.05, 0.1) is 13.2 Å². The van der Waals surface area contributed by atoms with Crippen molar-refractivity contribution in [2.75, 3.05) is 33.3 Å². The number of carbonyl (C=O) groups excluding carboxylic acids is 1. The first kappa shape index (κ1) is 16.8. The Balaban J connectivity index is 1.89. The Hall–Kier alpha value is -0.610. The summed E-state index contributed by atoms with van der Waals surface area (Å²) >= 11 is 0. The summed E-state index contributed by atoms with van der Waals surface area (Å²) in [5.74, 6) is 0.248. The molecule has 0 bridgehead atoms. The molecule has 1 atom stereocenters. The van der Waals surface area contributed by atoms with Crippen molar-refractivity contribution in [3.63, 3.8) is 0 Å². The van der Waals surface area contributed by atoms with Crippen LogP contribution in [-0.4, -0.2) is 60.1 Å². The van der Waals surface area contributed by atoms with Crippen LogP contribution in [0.3, 0.4) is 0 Å². The van der Waals surface area contributed by atoms with Gasteiger partial charge in [-0.05, 0) is 39.2 Å². The molecule has 0 aromatic heterocycles. The number of aliphatic hydroxyl groups excluding tert-OH is 1. The molecular formula is C17H32N2O2. The smallest absolute Gasteiger partial charge is 0.236 e. The number of piperidine rings is 1. The fourth-order valence-corrected chi connectivity index (χ4v) is 4.15. The highest BCUT2D eigenvalue weighted by Crippen LogP contribution is 2.34. The summed E-state index contributed by atoms with van der Waals surface area (Å²) in [7, 11) is 2.09. The first-order valence-corrected chi connectivity index (χ1v) is 8.69. The highest BCUT2D eigenvalue weighted by molar-refractivity contribution is 5.78. The summed E-state index contributed by atoms with van der Waals surface area (Å²) in [5.41, 5.74) is -0.0470. The second-order valence-electron chi connectivity index (χ2n) is 7.18. The lowest BCUT2D eigenvalue weighted by Gasteiger charge is -2.42. The van der Waals surface area contributed by atoms with Crippen LogP contribution in [0.25, 0.3) is 0 Å². The highest BCUT2D eigenvalue weighted by atomic mass is 16.3. The zero-order chi connectivity index (χ0) is 15.3. The van der Waals surface area contributed by atoms with Crippen molar-refractivity contribution in [3.05, 3.63) is 0 Å². The topological polar surface area (TPSA) is 43.8 Å². The normalized spacial score (nSPS) is 27.5. The largest absolute Gasteiger partial charge is 0.396 e. The van der Waals surface area contributed by atoms with E-state index in [1.54, 1.807) is 0 Å². The van der Waals surface area contributed by atoms with Crippen molar-refractivity contribution < 1.29 is 9.90 Å². The van der Waals surface area contributed by atoms with Crippen molar-refractivity contribution in [1.29, 1.82) is 0 Å². The van der Waals surface area contributed by atoms with E-state index in [-0.39, 0.29) is 17.9 Å². The number of hydrogen-bond acceptors (Lipinski definition) is 3. The van der Waals surface area contributed by atoms with Crippen molar-refractivity contribution >= 4 is 5.91 Å². The first-order chi connectivity index (χ1) is 10.1. The molecule has 4 nitrogen and oxygen atoms in total. The summed E-state index contributed by atoms with van der Waals surface area (Å²) in [6, 6.07) is 0.594. The molecule has 0 spiro atoms. The zero-order valence-electron chi connectivity index (χ0n) is 13.8. The minimum atomic E-state index is -0.0470. The molecule has 4 heteroatoms. The summed E-state index contributed by atoms with van der Waals surface area (Å²) in [4.78, 5) is 16.8. The van der Waals surface area contributed by atoms with Gasteiger partial charge in [0.25, 0.3) is 0 Å². The Bertz CT molecular complexity index is 338. The number of likely N-dealkylation sites (N-methyl/N-ethyl adjacent to an activating group) is 1. The molecule has 0 radical (unpaired) electrons. The van der Waals surface area contributed by atoms with Gasteiger partial charge in [-0.25, -0.2) is 0 Å². The molecule has 2 rings (SSSR count). The minimum absolute atomic E-state index is 0.0470. The van der Waals surface area contributed by atoms with Gasteiger partial charge in [-0.2, -0.15) is 0 Å². The lowest BCUT2D eigenvalue weighted by Crippen LogP contribution is -2.51. The molecule has 122 valence electrons. The van der Waals surface area contributed by atoms with Gasteiger partial charge in [0.2, 0.25) is 5.91 Å². The maximum atomic E-state index is 12.6. The number of nitrogens with zero attached hydrogens (tertiary/aromatic N) is 2. The van der Waals surface area contributed by atoms with Crippen molar-refractivity contribution in [3.8, 4) is 0 Å². The van der Waals surface area contributed by atoms with Crippen molar-refractivity contribution in [2.24, 2.45) is 5.41 Å². The van der Waals surface area contributed by atoms with E-state index in [1.165, 1.54) is 25.7 Å². The quantitative estimate of drug-likeness (QED) is 0.817. The standard InChI is InChI=1S/C17H32N2O2/c1-3-9-17(14-20)10-6-11-19(13-17)16(21)12-18(2)15-7-4-5-8-15/h15,20H,3-14H2,1-2H3/t17-/m0/s1. The van der Waals surface area contributed by atoms with Crippen LogP contribution in [0.4, 0.5) is 0 Å². The average molecular weight is 296 g/mol. The Labute approximate surface area is 129 Å². The molecule has 1 saturated heterocycles. The molecule has 2 aliphatic rings. The van der Waals surface area contributed by atoms with Crippen LogP contribution in [0.5, 0.6) is 0 Å². The van der Waals surface area contributed by atoms with E-state index in [0.29, 0.717) is 12.6 Å². The fraction of sp³-hybridized carbons (Fsp3) is 0.941. The Morgan fingerprint density at radius 3 is 2.67 bits per heavy atom. The molecule has 1 aliphatic carbocycles. The number of rotatable bonds is 6. The van der Waals surface area contributed by atoms with E-state index in [1.807, 2.05) is 4.90 Å². The molecule has 0 aromatic rings. The van der Waals surface area contributed by atoms with Crippen LogP contribution in [0.1, 0.15) is 58.3 Å². The Morgan fingerprint density at radius 1 is 1.33 bits per heavy atom. The molecule has 0 aromatic carbocycles. The zero-order valence-corrected chi connectivity index (χ0v) is 13.8. The van der Waals surface area contributed by atoms with Crippen molar-refractivity contribution in [1.82, 2.24) is 9.80 Å². The van der Waals surface area contributed by atoms with Gasteiger partial charge in [0.15, 0.2) is 0 Å². The SMILES string of the molecule is CCC[C@]1(CO)CCCN(C(=O)CN(C)C2CCCC2)C1. The van der Waals surface area contributed by atoms with Crippen LogP contribution in [0.2, 0.25) is 0 Å². The summed E-state index contributed by atoms with van der Waals surface area (Å²) < 4.78 is 0. The lowest BCUT2D eigenvalue weighted by atomic mass is 9.77. The van der Waals surface area contributed by atoms with Crippen LogP contribution in [-0.2, 0) is 4.79 Å².